The minimum atomic E-state index is 0.508. The van der Waals surface area contributed by atoms with Crippen LogP contribution in [0.3, 0.4) is 0 Å². The van der Waals surface area contributed by atoms with Crippen LogP contribution in [0.25, 0.3) is 11.2 Å². The first-order chi connectivity index (χ1) is 8.74. The molecule has 4 N–H and O–H groups in total. The molecule has 1 aromatic carbocycles. The van der Waals surface area contributed by atoms with E-state index in [1.807, 2.05) is 6.07 Å². The molecule has 0 bridgehead atoms. The number of nitrogens with two attached hydrogens (primary N) is 1. The maximum atomic E-state index is 5.87. The number of nitrogen functional groups attached to an aromatic ring is 1. The van der Waals surface area contributed by atoms with Crippen molar-refractivity contribution in [3.05, 3.63) is 35.9 Å². The van der Waals surface area contributed by atoms with E-state index in [1.165, 1.54) is 6.33 Å². The molecule has 0 aliphatic rings. The number of aromatic amines is 1. The number of nitrogens with one attached hydrogen (secondary N) is 2. The summed E-state index contributed by atoms with van der Waals surface area (Å²) in [5.74, 6) is 0.614. The molecule has 0 saturated heterocycles. The topological polar surface area (TPSA) is 92.5 Å². The van der Waals surface area contributed by atoms with Crippen molar-refractivity contribution < 1.29 is 0 Å². The zero-order valence-corrected chi connectivity index (χ0v) is 9.94. The monoisotopic (exact) mass is 260 g/mol. The highest BCUT2D eigenvalue weighted by Crippen LogP contribution is 2.25. The van der Waals surface area contributed by atoms with Gasteiger partial charge in [0.25, 0.3) is 0 Å². The maximum Gasteiger partial charge on any atom is 0.162 e. The van der Waals surface area contributed by atoms with E-state index in [2.05, 4.69) is 25.3 Å². The van der Waals surface area contributed by atoms with Gasteiger partial charge < -0.3 is 16.0 Å². The van der Waals surface area contributed by atoms with Gasteiger partial charge in [0.05, 0.1) is 17.0 Å². The van der Waals surface area contributed by atoms with E-state index in [-0.39, 0.29) is 0 Å². The molecule has 0 saturated carbocycles. The number of aromatic nitrogens is 4. The van der Waals surface area contributed by atoms with Gasteiger partial charge in [-0.3, -0.25) is 0 Å². The number of anilines is 3. The number of fused-ring (bicyclic) bond motifs is 1. The van der Waals surface area contributed by atoms with Gasteiger partial charge in [-0.1, -0.05) is 11.6 Å². The van der Waals surface area contributed by atoms with Crippen molar-refractivity contribution in [2.24, 2.45) is 0 Å². The van der Waals surface area contributed by atoms with Gasteiger partial charge >= 0.3 is 0 Å². The molecular weight excluding hydrogens is 252 g/mol. The van der Waals surface area contributed by atoms with Crippen LogP contribution in [0, 0.1) is 0 Å². The molecule has 2 aromatic heterocycles. The summed E-state index contributed by atoms with van der Waals surface area (Å²) in [6.07, 6.45) is 3.03. The largest absolute Gasteiger partial charge is 0.397 e. The molecule has 6 nitrogen and oxygen atoms in total. The van der Waals surface area contributed by atoms with Crippen molar-refractivity contribution >= 4 is 40.0 Å². The first kappa shape index (κ1) is 10.8. The first-order valence-corrected chi connectivity index (χ1v) is 5.58. The molecule has 0 radical (unpaired) electrons. The second-order valence-corrected chi connectivity index (χ2v) is 4.09. The lowest BCUT2D eigenvalue weighted by Crippen LogP contribution is -1.97. The molecular formula is C11H9ClN6. The second-order valence-electron chi connectivity index (χ2n) is 3.68. The molecule has 0 amide bonds. The number of nitrogens with zero attached hydrogens (tertiary/aromatic N) is 3. The number of H-pyrrole nitrogens is 1. The summed E-state index contributed by atoms with van der Waals surface area (Å²) >= 11 is 5.87. The Kier molecular flexibility index (Phi) is 2.49. The van der Waals surface area contributed by atoms with Crippen LogP contribution in [0.2, 0.25) is 5.02 Å². The minimum absolute atomic E-state index is 0.508. The number of hydrogen-bond acceptors (Lipinski definition) is 5. The molecule has 2 heterocycles. The van der Waals surface area contributed by atoms with E-state index in [0.29, 0.717) is 27.7 Å². The number of benzene rings is 1. The number of rotatable bonds is 2. The third-order valence-electron chi connectivity index (χ3n) is 2.48. The number of imidazole rings is 1. The van der Waals surface area contributed by atoms with Crippen molar-refractivity contribution in [2.75, 3.05) is 11.1 Å². The lowest BCUT2D eigenvalue weighted by atomic mass is 10.3. The smallest absolute Gasteiger partial charge is 0.162 e. The van der Waals surface area contributed by atoms with Crippen molar-refractivity contribution in [2.45, 2.75) is 0 Å². The summed E-state index contributed by atoms with van der Waals surface area (Å²) < 4.78 is 0. The van der Waals surface area contributed by atoms with E-state index < -0.39 is 0 Å². The summed E-state index contributed by atoms with van der Waals surface area (Å²) in [5, 5.41) is 3.65. The summed E-state index contributed by atoms with van der Waals surface area (Å²) in [7, 11) is 0. The van der Waals surface area contributed by atoms with E-state index >= 15 is 0 Å². The first-order valence-electron chi connectivity index (χ1n) is 5.20. The molecule has 18 heavy (non-hydrogen) atoms. The summed E-state index contributed by atoms with van der Waals surface area (Å²) in [6, 6.07) is 5.28. The molecule has 0 spiro atoms. The summed E-state index contributed by atoms with van der Waals surface area (Å²) in [5.41, 5.74) is 8.39. The Morgan fingerprint density at radius 3 is 2.94 bits per heavy atom. The highest BCUT2D eigenvalue weighted by Gasteiger charge is 2.06. The average molecular weight is 261 g/mol. The van der Waals surface area contributed by atoms with Crippen molar-refractivity contribution in [1.82, 2.24) is 19.9 Å². The van der Waals surface area contributed by atoms with Crippen LogP contribution in [0.15, 0.2) is 30.9 Å². The standard InChI is InChI=1S/C11H9ClN6/c12-7-2-1-6(3-8(7)13)18-11-9-10(15-4-14-9)16-5-17-11/h1-5H,13H2,(H2,14,15,16,17,18). The van der Waals surface area contributed by atoms with Crippen molar-refractivity contribution in [1.29, 1.82) is 0 Å². The van der Waals surface area contributed by atoms with Crippen LogP contribution in [-0.4, -0.2) is 19.9 Å². The molecule has 7 heteroatoms. The number of hydrogen-bond donors (Lipinski definition) is 3. The van der Waals surface area contributed by atoms with Crippen LogP contribution in [0.4, 0.5) is 17.2 Å². The average Bonchev–Trinajstić information content (AvgIpc) is 2.83. The summed E-state index contributed by atoms with van der Waals surface area (Å²) in [6.45, 7) is 0. The Bertz CT molecular complexity index is 708. The van der Waals surface area contributed by atoms with Crippen LogP contribution in [0.5, 0.6) is 0 Å². The Morgan fingerprint density at radius 2 is 2.11 bits per heavy atom. The molecule has 3 aromatic rings. The zero-order chi connectivity index (χ0) is 12.5. The highest BCUT2D eigenvalue weighted by atomic mass is 35.5. The molecule has 0 unspecified atom stereocenters. The maximum absolute atomic E-state index is 5.87. The van der Waals surface area contributed by atoms with Gasteiger partial charge in [-0.2, -0.15) is 0 Å². The summed E-state index contributed by atoms with van der Waals surface area (Å²) in [4.78, 5) is 15.3. The normalized spacial score (nSPS) is 10.7. The van der Waals surface area contributed by atoms with Gasteiger partial charge in [-0.25, -0.2) is 15.0 Å². The fourth-order valence-electron chi connectivity index (χ4n) is 1.61. The second kappa shape index (κ2) is 4.15. The molecule has 90 valence electrons. The molecule has 0 atom stereocenters. The third kappa shape index (κ3) is 1.82. The predicted octanol–water partition coefficient (Wildman–Crippen LogP) is 2.33. The van der Waals surface area contributed by atoms with Crippen molar-refractivity contribution in [3.63, 3.8) is 0 Å². The fraction of sp³-hybridized carbons (Fsp3) is 0. The Balaban J connectivity index is 2.01. The van der Waals surface area contributed by atoms with E-state index in [4.69, 9.17) is 17.3 Å². The van der Waals surface area contributed by atoms with Crippen LogP contribution >= 0.6 is 11.6 Å². The van der Waals surface area contributed by atoms with Crippen LogP contribution < -0.4 is 11.1 Å². The lowest BCUT2D eigenvalue weighted by Gasteiger charge is -2.07. The van der Waals surface area contributed by atoms with E-state index in [0.717, 1.165) is 5.69 Å². The minimum Gasteiger partial charge on any atom is -0.397 e. The van der Waals surface area contributed by atoms with Gasteiger partial charge in [0.2, 0.25) is 0 Å². The molecule has 0 aliphatic carbocycles. The molecule has 0 fully saturated rings. The Labute approximate surface area is 107 Å². The van der Waals surface area contributed by atoms with E-state index in [1.54, 1.807) is 18.5 Å². The quantitative estimate of drug-likeness (QED) is 0.615. The van der Waals surface area contributed by atoms with Gasteiger partial charge in [0, 0.05) is 5.69 Å². The van der Waals surface area contributed by atoms with Crippen molar-refractivity contribution in [3.8, 4) is 0 Å². The third-order valence-corrected chi connectivity index (χ3v) is 2.82. The highest BCUT2D eigenvalue weighted by molar-refractivity contribution is 6.33. The Morgan fingerprint density at radius 1 is 1.22 bits per heavy atom. The predicted molar refractivity (Wildman–Crippen MR) is 70.8 cm³/mol. The fourth-order valence-corrected chi connectivity index (χ4v) is 1.73. The number of halogens is 1. The van der Waals surface area contributed by atoms with Crippen LogP contribution in [-0.2, 0) is 0 Å². The van der Waals surface area contributed by atoms with Gasteiger partial charge in [-0.15, -0.1) is 0 Å². The SMILES string of the molecule is Nc1cc(Nc2ncnc3[nH]cnc23)ccc1Cl. The zero-order valence-electron chi connectivity index (χ0n) is 9.18. The van der Waals surface area contributed by atoms with Gasteiger partial charge in [0.15, 0.2) is 17.0 Å². The molecule has 0 aliphatic heterocycles. The molecule has 3 rings (SSSR count). The van der Waals surface area contributed by atoms with Gasteiger partial charge in [0.1, 0.15) is 6.33 Å². The van der Waals surface area contributed by atoms with Crippen LogP contribution in [0.1, 0.15) is 0 Å². The Hall–Kier alpha value is -2.34. The van der Waals surface area contributed by atoms with Gasteiger partial charge in [-0.05, 0) is 18.2 Å². The lowest BCUT2D eigenvalue weighted by molar-refractivity contribution is 1.20. The van der Waals surface area contributed by atoms with E-state index in [9.17, 15) is 0 Å².